The Hall–Kier alpha value is -3.77. The second-order valence-electron chi connectivity index (χ2n) is 11.8. The van der Waals surface area contributed by atoms with Crippen molar-refractivity contribution in [2.24, 2.45) is 11.1 Å². The first-order chi connectivity index (χ1) is 20.3. The molecule has 0 saturated heterocycles. The minimum Gasteiger partial charge on any atom is -0.384 e. The van der Waals surface area contributed by atoms with Crippen molar-refractivity contribution >= 4 is 52.1 Å². The van der Waals surface area contributed by atoms with E-state index >= 15 is 0 Å². The molecule has 5 rings (SSSR count). The molecule has 0 fully saturated rings. The fourth-order valence-corrected chi connectivity index (χ4v) is 7.33. The first kappa shape index (κ1) is 30.7. The van der Waals surface area contributed by atoms with Crippen LogP contribution in [0.5, 0.6) is 0 Å². The van der Waals surface area contributed by atoms with Crippen molar-refractivity contribution in [3.8, 4) is 6.07 Å². The predicted molar refractivity (Wildman–Crippen MR) is 172 cm³/mol. The Labute approximate surface area is 265 Å². The lowest BCUT2D eigenvalue weighted by Crippen LogP contribution is -2.42. The molecule has 0 radical (unpaired) electrons. The Morgan fingerprint density at radius 1 is 1.12 bits per heavy atom. The maximum Gasteiger partial charge on any atom is 0.271 e. The summed E-state index contributed by atoms with van der Waals surface area (Å²) in [5.74, 6) is 0.131. The van der Waals surface area contributed by atoms with Crippen LogP contribution in [0.25, 0.3) is 0 Å². The largest absolute Gasteiger partial charge is 0.384 e. The number of thioether (sulfide) groups is 1. The maximum atomic E-state index is 14.0. The molecular formula is C33H30Cl2N4O3S. The SMILES string of the molecule is Cc1cc(CSc2ccc(Cl)cc2)c(C)c(C2C(C#N)=C(N)N(c3ccc([N+](=O)[O-])cc3Cl)C3=C2C(=O)CC(C)(C)C3)c1. The van der Waals surface area contributed by atoms with Crippen LogP contribution in [0.3, 0.4) is 0 Å². The van der Waals surface area contributed by atoms with Crippen molar-refractivity contribution in [2.45, 2.75) is 57.1 Å². The summed E-state index contributed by atoms with van der Waals surface area (Å²) in [6.45, 7) is 8.06. The molecule has 2 aliphatic rings. The molecule has 1 unspecified atom stereocenters. The van der Waals surface area contributed by atoms with Crippen LogP contribution in [0.15, 0.2) is 82.2 Å². The zero-order valence-corrected chi connectivity index (χ0v) is 26.5. The van der Waals surface area contributed by atoms with Gasteiger partial charge in [-0.15, -0.1) is 11.8 Å². The van der Waals surface area contributed by atoms with Crippen LogP contribution < -0.4 is 10.6 Å². The quantitative estimate of drug-likeness (QED) is 0.164. The van der Waals surface area contributed by atoms with Crippen molar-refractivity contribution in [1.82, 2.24) is 0 Å². The number of nitrogens with two attached hydrogens (primary N) is 1. The Kier molecular flexibility index (Phi) is 8.36. The number of rotatable bonds is 6. The topological polar surface area (TPSA) is 113 Å². The van der Waals surface area contributed by atoms with Gasteiger partial charge in [0.15, 0.2) is 5.78 Å². The summed E-state index contributed by atoms with van der Waals surface area (Å²) < 4.78 is 0. The molecule has 0 amide bonds. The fourth-order valence-electron chi connectivity index (χ4n) is 5.99. The van der Waals surface area contributed by atoms with Crippen LogP contribution in [0.4, 0.5) is 11.4 Å². The summed E-state index contributed by atoms with van der Waals surface area (Å²) in [5, 5.41) is 22.7. The molecule has 2 N–H and O–H groups in total. The number of aryl methyl sites for hydroxylation is 1. The number of non-ortho nitro benzene ring substituents is 1. The molecule has 7 nitrogen and oxygen atoms in total. The summed E-state index contributed by atoms with van der Waals surface area (Å²) in [6.07, 6.45) is 0.814. The third-order valence-corrected chi connectivity index (χ3v) is 9.60. The van der Waals surface area contributed by atoms with E-state index in [0.717, 1.165) is 27.1 Å². The predicted octanol–water partition coefficient (Wildman–Crippen LogP) is 8.75. The van der Waals surface area contributed by atoms with Gasteiger partial charge in [-0.3, -0.25) is 19.8 Å². The van der Waals surface area contributed by atoms with E-state index in [1.54, 1.807) is 16.7 Å². The van der Waals surface area contributed by atoms with E-state index in [4.69, 9.17) is 28.9 Å². The molecule has 10 heteroatoms. The number of nitriles is 1. The van der Waals surface area contributed by atoms with Crippen molar-refractivity contribution in [2.75, 3.05) is 4.90 Å². The third-order valence-electron chi connectivity index (χ3n) is 7.98. The average molecular weight is 634 g/mol. The number of carbonyl (C=O) groups excluding carboxylic acids is 1. The number of nitro benzene ring substituents is 1. The number of carbonyl (C=O) groups is 1. The normalized spacial score (nSPS) is 18.0. The number of benzene rings is 3. The standard InChI is InChI=1S/C33H30Cl2N4O3S/c1-18-11-20(17-43-23-8-5-21(34)6-9-23)19(2)24(12-18)30-25(16-36)32(37)38(27-10-7-22(39(41)42)13-26(27)35)28-14-33(3,4)15-29(40)31(28)30/h5-13,30H,14-15,17,37H2,1-4H3. The van der Waals surface area contributed by atoms with Crippen LogP contribution >= 0.6 is 35.0 Å². The molecule has 1 heterocycles. The fraction of sp³-hybridized carbons (Fsp3) is 0.273. The Morgan fingerprint density at radius 2 is 1.81 bits per heavy atom. The Balaban J connectivity index is 1.68. The van der Waals surface area contributed by atoms with Gasteiger partial charge in [-0.2, -0.15) is 5.26 Å². The van der Waals surface area contributed by atoms with E-state index in [0.29, 0.717) is 40.6 Å². The number of anilines is 1. The monoisotopic (exact) mass is 632 g/mol. The van der Waals surface area contributed by atoms with Crippen LogP contribution in [-0.4, -0.2) is 10.7 Å². The van der Waals surface area contributed by atoms with Crippen molar-refractivity contribution < 1.29 is 9.72 Å². The first-order valence-corrected chi connectivity index (χ1v) is 15.4. The summed E-state index contributed by atoms with van der Waals surface area (Å²) in [7, 11) is 0. The van der Waals surface area contributed by atoms with E-state index < -0.39 is 10.8 Å². The molecule has 1 atom stereocenters. The van der Waals surface area contributed by atoms with Crippen molar-refractivity contribution in [1.29, 1.82) is 5.26 Å². The van der Waals surface area contributed by atoms with Crippen LogP contribution in [0, 0.1) is 40.7 Å². The minimum atomic E-state index is -0.657. The van der Waals surface area contributed by atoms with Gasteiger partial charge in [-0.1, -0.05) is 54.7 Å². The van der Waals surface area contributed by atoms with Gasteiger partial charge in [0.2, 0.25) is 0 Å². The molecule has 1 aliphatic carbocycles. The molecule has 0 saturated carbocycles. The smallest absolute Gasteiger partial charge is 0.271 e. The number of hydrogen-bond acceptors (Lipinski definition) is 7. The number of nitro groups is 1. The van der Waals surface area contributed by atoms with Gasteiger partial charge in [0.1, 0.15) is 5.82 Å². The lowest BCUT2D eigenvalue weighted by Gasteiger charge is -2.44. The molecule has 3 aromatic carbocycles. The van der Waals surface area contributed by atoms with Crippen LogP contribution in [0.2, 0.25) is 10.0 Å². The van der Waals surface area contributed by atoms with E-state index in [2.05, 4.69) is 12.1 Å². The average Bonchev–Trinajstić information content (AvgIpc) is 2.93. The molecule has 43 heavy (non-hydrogen) atoms. The van der Waals surface area contributed by atoms with Crippen LogP contribution in [-0.2, 0) is 10.5 Å². The van der Waals surface area contributed by atoms with Gasteiger partial charge < -0.3 is 5.73 Å². The van der Waals surface area contributed by atoms with E-state index in [1.165, 1.54) is 18.2 Å². The second kappa shape index (κ2) is 11.7. The lowest BCUT2D eigenvalue weighted by molar-refractivity contribution is -0.384. The molecule has 0 spiro atoms. The van der Waals surface area contributed by atoms with Crippen molar-refractivity contribution in [3.05, 3.63) is 120 Å². The van der Waals surface area contributed by atoms with E-state index in [-0.39, 0.29) is 33.3 Å². The van der Waals surface area contributed by atoms with E-state index in [1.807, 2.05) is 58.0 Å². The maximum absolute atomic E-state index is 14.0. The number of halogens is 2. The van der Waals surface area contributed by atoms with Gasteiger partial charge in [-0.05, 0) is 72.7 Å². The van der Waals surface area contributed by atoms with Gasteiger partial charge in [-0.25, -0.2) is 0 Å². The molecule has 0 bridgehead atoms. The number of nitrogens with zero attached hydrogens (tertiary/aromatic N) is 3. The number of hydrogen-bond donors (Lipinski definition) is 1. The summed E-state index contributed by atoms with van der Waals surface area (Å²) in [6, 6.07) is 18.3. The van der Waals surface area contributed by atoms with Gasteiger partial charge in [0.25, 0.3) is 5.69 Å². The summed E-state index contributed by atoms with van der Waals surface area (Å²) >= 11 is 14.3. The number of ketones is 1. The highest BCUT2D eigenvalue weighted by atomic mass is 35.5. The highest BCUT2D eigenvalue weighted by Gasteiger charge is 2.45. The number of Topliss-reactive ketones (excluding diaryl/α,β-unsaturated/α-hetero) is 1. The zero-order valence-electron chi connectivity index (χ0n) is 24.2. The molecular weight excluding hydrogens is 603 g/mol. The van der Waals surface area contributed by atoms with Crippen molar-refractivity contribution in [3.63, 3.8) is 0 Å². The molecule has 3 aromatic rings. The van der Waals surface area contributed by atoms with E-state index in [9.17, 15) is 20.2 Å². The summed E-state index contributed by atoms with van der Waals surface area (Å²) in [5.41, 5.74) is 12.0. The number of allylic oxidation sites excluding steroid dienone is 3. The highest BCUT2D eigenvalue weighted by molar-refractivity contribution is 7.98. The molecule has 0 aromatic heterocycles. The van der Waals surface area contributed by atoms with Crippen LogP contribution in [0.1, 0.15) is 54.9 Å². The third kappa shape index (κ3) is 5.90. The van der Waals surface area contributed by atoms with Gasteiger partial charge in [0, 0.05) is 45.5 Å². The highest BCUT2D eigenvalue weighted by Crippen LogP contribution is 2.52. The Morgan fingerprint density at radius 3 is 2.44 bits per heavy atom. The Bertz CT molecular complexity index is 1770. The van der Waals surface area contributed by atoms with Gasteiger partial charge in [0.05, 0.1) is 33.2 Å². The van der Waals surface area contributed by atoms with Gasteiger partial charge >= 0.3 is 0 Å². The minimum absolute atomic E-state index is 0.0578. The second-order valence-corrected chi connectivity index (χ2v) is 13.6. The first-order valence-electron chi connectivity index (χ1n) is 13.7. The zero-order chi connectivity index (χ0) is 31.2. The lowest BCUT2D eigenvalue weighted by atomic mass is 9.68. The summed E-state index contributed by atoms with van der Waals surface area (Å²) in [4.78, 5) is 27.6. The molecule has 220 valence electrons. The molecule has 1 aliphatic heterocycles.